The lowest BCUT2D eigenvalue weighted by molar-refractivity contribution is -0.122. The second kappa shape index (κ2) is 30.4. The Hall–Kier alpha value is -2.09. The topological polar surface area (TPSA) is 114 Å². The Morgan fingerprint density at radius 1 is 0.708 bits per heavy atom. The van der Waals surface area contributed by atoms with Crippen LogP contribution in [-0.2, 0) is 14.3 Å². The lowest BCUT2D eigenvalue weighted by Gasteiger charge is -2.58. The smallest absolute Gasteiger partial charge is 0.410 e. The van der Waals surface area contributed by atoms with Crippen molar-refractivity contribution in [2.24, 2.45) is 52.1 Å². The maximum absolute atomic E-state index is 13.9. The van der Waals surface area contributed by atoms with E-state index in [9.17, 15) is 14.4 Å². The van der Waals surface area contributed by atoms with E-state index in [1.54, 1.807) is 4.90 Å². The molecule has 0 saturated heterocycles. The standard InChI is InChI=1S/C57H104N4O4/c1-7-8-9-10-11-12-13-14-15-16-17-18-19-20-21-22-30-53(62)59-41-25-26-42-61(44-54(63)60-40-24-23-39-58)55(64)65-48-35-37-56(5)47(43-48)31-32-49-51-34-33-50(46(4)29-27-28-45(2)3)57(51,6)38-36-52(49)56/h31,45-46,48-52H,7-30,32-44,58H2,1-6H3,(H,59,62)(H,60,63)/t46-,48+,49+,50-,51+,52+,56+,57-/m1/s1. The van der Waals surface area contributed by atoms with Gasteiger partial charge in [0.1, 0.15) is 12.6 Å². The van der Waals surface area contributed by atoms with Gasteiger partial charge in [-0.15, -0.1) is 0 Å². The minimum Gasteiger partial charge on any atom is -0.446 e. The average Bonchev–Trinajstić information content (AvgIpc) is 3.64. The molecule has 65 heavy (non-hydrogen) atoms. The van der Waals surface area contributed by atoms with E-state index in [4.69, 9.17) is 10.5 Å². The summed E-state index contributed by atoms with van der Waals surface area (Å²) in [6, 6.07) is 0. The van der Waals surface area contributed by atoms with Crippen molar-refractivity contribution >= 4 is 17.9 Å². The Labute approximate surface area is 400 Å². The van der Waals surface area contributed by atoms with Gasteiger partial charge in [0.25, 0.3) is 0 Å². The second-order valence-electron chi connectivity index (χ2n) is 22.9. The molecule has 0 aromatic heterocycles. The number of ether oxygens (including phenoxy) is 1. The molecule has 8 heteroatoms. The fraction of sp³-hybridized carbons (Fsp3) is 0.912. The molecule has 4 aliphatic rings. The van der Waals surface area contributed by atoms with Crippen molar-refractivity contribution in [2.75, 3.05) is 32.7 Å². The van der Waals surface area contributed by atoms with Gasteiger partial charge in [0.2, 0.25) is 11.8 Å². The van der Waals surface area contributed by atoms with E-state index in [1.807, 2.05) is 0 Å². The summed E-state index contributed by atoms with van der Waals surface area (Å²) in [6.45, 7) is 16.9. The summed E-state index contributed by atoms with van der Waals surface area (Å²) in [5.41, 5.74) is 7.84. The zero-order chi connectivity index (χ0) is 46.9. The molecule has 0 radical (unpaired) electrons. The molecule has 0 unspecified atom stereocenters. The van der Waals surface area contributed by atoms with Gasteiger partial charge in [-0.1, -0.05) is 169 Å². The van der Waals surface area contributed by atoms with Crippen molar-refractivity contribution in [3.05, 3.63) is 11.6 Å². The van der Waals surface area contributed by atoms with Gasteiger partial charge in [-0.25, -0.2) is 4.79 Å². The van der Waals surface area contributed by atoms with Gasteiger partial charge < -0.3 is 21.1 Å². The molecule has 4 rings (SSSR count). The van der Waals surface area contributed by atoms with Crippen molar-refractivity contribution in [3.8, 4) is 0 Å². The molecule has 0 spiro atoms. The van der Waals surface area contributed by atoms with Crippen molar-refractivity contribution < 1.29 is 19.1 Å². The Balaban J connectivity index is 1.15. The second-order valence-corrected chi connectivity index (χ2v) is 22.9. The maximum Gasteiger partial charge on any atom is 0.410 e. The molecule has 8 atom stereocenters. The summed E-state index contributed by atoms with van der Waals surface area (Å²) in [4.78, 5) is 41.1. The fourth-order valence-corrected chi connectivity index (χ4v) is 13.5. The third-order valence-electron chi connectivity index (χ3n) is 17.5. The number of nitrogens with one attached hydrogen (secondary N) is 2. The number of carbonyl (C=O) groups excluding carboxylic acids is 3. The number of nitrogens with two attached hydrogens (primary N) is 1. The zero-order valence-corrected chi connectivity index (χ0v) is 43.4. The molecule has 0 aliphatic heterocycles. The van der Waals surface area contributed by atoms with Crippen molar-refractivity contribution in [1.82, 2.24) is 15.5 Å². The van der Waals surface area contributed by atoms with Gasteiger partial charge in [0.15, 0.2) is 0 Å². The molecule has 3 saturated carbocycles. The van der Waals surface area contributed by atoms with Gasteiger partial charge in [-0.05, 0) is 130 Å². The monoisotopic (exact) mass is 909 g/mol. The summed E-state index contributed by atoms with van der Waals surface area (Å²) in [7, 11) is 0. The van der Waals surface area contributed by atoms with Crippen LogP contribution in [0, 0.1) is 46.3 Å². The third kappa shape index (κ3) is 18.4. The Morgan fingerprint density at radius 2 is 1.32 bits per heavy atom. The van der Waals surface area contributed by atoms with Crippen LogP contribution >= 0.6 is 0 Å². The van der Waals surface area contributed by atoms with Crippen molar-refractivity contribution in [1.29, 1.82) is 0 Å². The number of rotatable bonds is 34. The van der Waals surface area contributed by atoms with Crippen molar-refractivity contribution in [3.63, 3.8) is 0 Å². The van der Waals surface area contributed by atoms with E-state index in [0.717, 1.165) is 86.9 Å². The minimum atomic E-state index is -0.384. The number of fused-ring (bicyclic) bond motifs is 5. The highest BCUT2D eigenvalue weighted by atomic mass is 16.6. The molecule has 3 fully saturated rings. The Kier molecular flexibility index (Phi) is 26.0. The van der Waals surface area contributed by atoms with Crippen LogP contribution in [0.3, 0.4) is 0 Å². The number of unbranched alkanes of at least 4 members (excludes halogenated alkanes) is 17. The molecule has 8 nitrogen and oxygen atoms in total. The highest BCUT2D eigenvalue weighted by Crippen LogP contribution is 2.67. The van der Waals surface area contributed by atoms with Crippen molar-refractivity contribution in [2.45, 2.75) is 253 Å². The van der Waals surface area contributed by atoms with Gasteiger partial charge in [-0.3, -0.25) is 14.5 Å². The number of hydrogen-bond donors (Lipinski definition) is 3. The van der Waals surface area contributed by atoms with Crippen LogP contribution in [-0.4, -0.2) is 61.6 Å². The number of nitrogens with zero attached hydrogens (tertiary/aromatic N) is 1. The van der Waals surface area contributed by atoms with Crippen LogP contribution in [0.25, 0.3) is 0 Å². The van der Waals surface area contributed by atoms with Gasteiger partial charge in [-0.2, -0.15) is 0 Å². The summed E-state index contributed by atoms with van der Waals surface area (Å²) in [5, 5.41) is 6.07. The van der Waals surface area contributed by atoms with Gasteiger partial charge in [0.05, 0.1) is 0 Å². The third-order valence-corrected chi connectivity index (χ3v) is 17.5. The zero-order valence-electron chi connectivity index (χ0n) is 43.4. The summed E-state index contributed by atoms with van der Waals surface area (Å²) < 4.78 is 6.30. The van der Waals surface area contributed by atoms with Gasteiger partial charge in [0, 0.05) is 32.5 Å². The fourth-order valence-electron chi connectivity index (χ4n) is 13.5. The largest absolute Gasteiger partial charge is 0.446 e. The molecule has 4 aliphatic carbocycles. The number of hydrogen-bond acceptors (Lipinski definition) is 5. The van der Waals surface area contributed by atoms with Crippen LogP contribution < -0.4 is 16.4 Å². The highest BCUT2D eigenvalue weighted by molar-refractivity contribution is 5.82. The van der Waals surface area contributed by atoms with Crippen LogP contribution in [0.15, 0.2) is 11.6 Å². The summed E-state index contributed by atoms with van der Waals surface area (Å²) >= 11 is 0. The SMILES string of the molecule is CCCCCCCCCCCCCCCCCCC(=O)NCCCCN(CC(=O)NCCCCN)C(=O)O[C@H]1CC[C@@]2(C)C(=CC[C@H]3[C@@H]4CC[C@H]([C@H](C)CCCC(C)C)[C@@]4(C)CC[C@@H]32)C1. The van der Waals surface area contributed by atoms with E-state index >= 15 is 0 Å². The lowest BCUT2D eigenvalue weighted by atomic mass is 9.47. The van der Waals surface area contributed by atoms with E-state index < -0.39 is 0 Å². The predicted octanol–water partition coefficient (Wildman–Crippen LogP) is 14.2. The van der Waals surface area contributed by atoms with E-state index in [0.29, 0.717) is 44.4 Å². The van der Waals surface area contributed by atoms with Crippen LogP contribution in [0.2, 0.25) is 0 Å². The van der Waals surface area contributed by atoms with Crippen LogP contribution in [0.4, 0.5) is 4.79 Å². The molecular weight excluding hydrogens is 805 g/mol. The highest BCUT2D eigenvalue weighted by Gasteiger charge is 2.59. The molecule has 3 amide bonds. The minimum absolute atomic E-state index is 0.0124. The normalized spacial score (nSPS) is 26.5. The molecule has 0 bridgehead atoms. The molecular formula is C57H104N4O4. The first-order valence-corrected chi connectivity index (χ1v) is 28.3. The van der Waals surface area contributed by atoms with Crippen LogP contribution in [0.1, 0.15) is 247 Å². The molecule has 4 N–H and O–H groups in total. The Morgan fingerprint density at radius 3 is 1.95 bits per heavy atom. The molecule has 0 aromatic carbocycles. The Bertz CT molecular complexity index is 1380. The van der Waals surface area contributed by atoms with E-state index in [1.165, 1.54) is 147 Å². The first-order valence-electron chi connectivity index (χ1n) is 28.3. The molecule has 0 aromatic rings. The van der Waals surface area contributed by atoms with E-state index in [2.05, 4.69) is 58.3 Å². The number of carbonyl (C=O) groups is 3. The lowest BCUT2D eigenvalue weighted by Crippen LogP contribution is -2.51. The number of amides is 3. The first-order chi connectivity index (χ1) is 31.4. The van der Waals surface area contributed by atoms with Gasteiger partial charge >= 0.3 is 6.09 Å². The molecule has 376 valence electrons. The average molecular weight is 909 g/mol. The summed E-state index contributed by atoms with van der Waals surface area (Å²) in [5.74, 6) is 4.77. The first kappa shape index (κ1) is 55.5. The molecule has 0 heterocycles. The number of allylic oxidation sites excluding steroid dienone is 1. The van der Waals surface area contributed by atoms with E-state index in [-0.39, 0.29) is 36.0 Å². The summed E-state index contributed by atoms with van der Waals surface area (Å²) in [6.07, 6.45) is 40.5. The van der Waals surface area contributed by atoms with Crippen LogP contribution in [0.5, 0.6) is 0 Å². The predicted molar refractivity (Wildman–Crippen MR) is 273 cm³/mol. The maximum atomic E-state index is 13.9. The quantitative estimate of drug-likeness (QED) is 0.0440.